The van der Waals surface area contributed by atoms with Gasteiger partial charge in [0.1, 0.15) is 0 Å². The zero-order chi connectivity index (χ0) is 17.6. The van der Waals surface area contributed by atoms with Crippen molar-refractivity contribution in [1.82, 2.24) is 0 Å². The van der Waals surface area contributed by atoms with E-state index >= 15 is 0 Å². The van der Waals surface area contributed by atoms with Crippen molar-refractivity contribution in [3.05, 3.63) is 0 Å². The average Bonchev–Trinajstić information content (AvgIpc) is 2.60. The van der Waals surface area contributed by atoms with Crippen LogP contribution in [0.15, 0.2) is 0 Å². The molecule has 0 heterocycles. The van der Waals surface area contributed by atoms with Gasteiger partial charge in [-0.15, -0.1) is 0 Å². The molecule has 4 nitrogen and oxygen atoms in total. The van der Waals surface area contributed by atoms with Crippen LogP contribution < -0.4 is 0 Å². The highest BCUT2D eigenvalue weighted by molar-refractivity contribution is 4.43. The molecule has 146 valence electrons. The summed E-state index contributed by atoms with van der Waals surface area (Å²) >= 11 is 0. The third kappa shape index (κ3) is 21.8. The Balaban J connectivity index is 2.93. The number of unbranched alkanes of at least 4 members (excludes halogenated alkanes) is 8. The Bertz CT molecular complexity index is 190. The first-order valence-electron chi connectivity index (χ1n) is 10.2. The van der Waals surface area contributed by atoms with Crippen molar-refractivity contribution in [2.45, 2.75) is 78.1 Å². The van der Waals surface area contributed by atoms with Gasteiger partial charge in [0.25, 0.3) is 0 Å². The van der Waals surface area contributed by atoms with Crippen LogP contribution in [0.1, 0.15) is 78.1 Å². The summed E-state index contributed by atoms with van der Waals surface area (Å²) in [5.41, 5.74) is 0. The van der Waals surface area contributed by atoms with Crippen LogP contribution in [0.2, 0.25) is 0 Å². The lowest BCUT2D eigenvalue weighted by Gasteiger charge is -2.07. The standard InChI is InChI=1S/C20H42O4/c1-3-5-7-9-10-12-14-22-16-18-24-20-19-23-17-15-21-13-11-8-6-4-2/h3-20H2,1-2H3. The molecule has 0 saturated heterocycles. The van der Waals surface area contributed by atoms with Gasteiger partial charge in [0, 0.05) is 13.2 Å². The van der Waals surface area contributed by atoms with E-state index in [1.165, 1.54) is 57.8 Å². The fraction of sp³-hybridized carbons (Fsp3) is 1.00. The van der Waals surface area contributed by atoms with Crippen molar-refractivity contribution in [2.75, 3.05) is 52.9 Å². The maximum atomic E-state index is 5.55. The molecule has 0 atom stereocenters. The molecule has 0 aliphatic carbocycles. The van der Waals surface area contributed by atoms with Crippen molar-refractivity contribution in [2.24, 2.45) is 0 Å². The maximum absolute atomic E-state index is 5.55. The fourth-order valence-electron chi connectivity index (χ4n) is 2.38. The molecule has 0 aromatic heterocycles. The van der Waals surface area contributed by atoms with Crippen molar-refractivity contribution < 1.29 is 18.9 Å². The van der Waals surface area contributed by atoms with Crippen LogP contribution >= 0.6 is 0 Å². The highest BCUT2D eigenvalue weighted by Gasteiger charge is 1.94. The lowest BCUT2D eigenvalue weighted by molar-refractivity contribution is -0.00248. The Morgan fingerprint density at radius 3 is 1.04 bits per heavy atom. The van der Waals surface area contributed by atoms with Gasteiger partial charge in [0.2, 0.25) is 0 Å². The summed E-state index contributed by atoms with van der Waals surface area (Å²) in [5, 5.41) is 0. The third-order valence-electron chi connectivity index (χ3n) is 3.90. The van der Waals surface area contributed by atoms with E-state index in [1.54, 1.807) is 0 Å². The van der Waals surface area contributed by atoms with Gasteiger partial charge in [-0.2, -0.15) is 0 Å². The summed E-state index contributed by atoms with van der Waals surface area (Å²) in [4.78, 5) is 0. The Kier molecular flexibility index (Phi) is 22.7. The topological polar surface area (TPSA) is 36.9 Å². The minimum atomic E-state index is 0.636. The fourth-order valence-corrected chi connectivity index (χ4v) is 2.38. The first-order valence-corrected chi connectivity index (χ1v) is 10.2. The molecule has 0 unspecified atom stereocenters. The molecule has 0 spiro atoms. The zero-order valence-corrected chi connectivity index (χ0v) is 16.4. The van der Waals surface area contributed by atoms with E-state index in [4.69, 9.17) is 18.9 Å². The SMILES string of the molecule is CCCCCCCCOCCOCCOCCOCCCCCC. The number of hydrogen-bond donors (Lipinski definition) is 0. The Labute approximate surface area is 150 Å². The highest BCUT2D eigenvalue weighted by atomic mass is 16.6. The molecule has 0 radical (unpaired) electrons. The molecule has 0 amide bonds. The molecule has 0 bridgehead atoms. The smallest absolute Gasteiger partial charge is 0.0701 e. The Hall–Kier alpha value is -0.160. The first kappa shape index (κ1) is 23.8. The van der Waals surface area contributed by atoms with E-state index < -0.39 is 0 Å². The Morgan fingerprint density at radius 2 is 0.625 bits per heavy atom. The van der Waals surface area contributed by atoms with Crippen LogP contribution in [0, 0.1) is 0 Å². The second-order valence-corrected chi connectivity index (χ2v) is 6.28. The predicted molar refractivity (Wildman–Crippen MR) is 101 cm³/mol. The van der Waals surface area contributed by atoms with E-state index in [9.17, 15) is 0 Å². The van der Waals surface area contributed by atoms with Crippen molar-refractivity contribution in [1.29, 1.82) is 0 Å². The Morgan fingerprint density at radius 1 is 0.333 bits per heavy atom. The van der Waals surface area contributed by atoms with Gasteiger partial charge in [-0.3, -0.25) is 0 Å². The van der Waals surface area contributed by atoms with Crippen molar-refractivity contribution in [3.8, 4) is 0 Å². The third-order valence-corrected chi connectivity index (χ3v) is 3.90. The summed E-state index contributed by atoms with van der Waals surface area (Å²) in [7, 11) is 0. The van der Waals surface area contributed by atoms with Crippen LogP contribution in [0.4, 0.5) is 0 Å². The molecule has 0 saturated carbocycles. The monoisotopic (exact) mass is 346 g/mol. The molecular weight excluding hydrogens is 304 g/mol. The normalized spacial score (nSPS) is 11.2. The second-order valence-electron chi connectivity index (χ2n) is 6.28. The molecule has 0 aromatic carbocycles. The van der Waals surface area contributed by atoms with E-state index in [-0.39, 0.29) is 0 Å². The zero-order valence-electron chi connectivity index (χ0n) is 16.4. The summed E-state index contributed by atoms with van der Waals surface area (Å²) in [6.07, 6.45) is 12.8. The van der Waals surface area contributed by atoms with Gasteiger partial charge in [-0.25, -0.2) is 0 Å². The van der Waals surface area contributed by atoms with Gasteiger partial charge in [-0.1, -0.05) is 65.2 Å². The van der Waals surface area contributed by atoms with Gasteiger partial charge in [-0.05, 0) is 12.8 Å². The molecule has 4 heteroatoms. The largest absolute Gasteiger partial charge is 0.379 e. The molecule has 0 N–H and O–H groups in total. The van der Waals surface area contributed by atoms with E-state index in [0.717, 1.165) is 19.6 Å². The van der Waals surface area contributed by atoms with Gasteiger partial charge in [0.05, 0.1) is 39.6 Å². The van der Waals surface area contributed by atoms with Crippen molar-refractivity contribution in [3.63, 3.8) is 0 Å². The number of hydrogen-bond acceptors (Lipinski definition) is 4. The molecule has 0 aliphatic heterocycles. The molecule has 0 rings (SSSR count). The predicted octanol–water partition coefficient (Wildman–Crippen LogP) is 4.99. The van der Waals surface area contributed by atoms with Crippen molar-refractivity contribution >= 4 is 0 Å². The van der Waals surface area contributed by atoms with Gasteiger partial charge < -0.3 is 18.9 Å². The summed E-state index contributed by atoms with van der Waals surface area (Å²) in [6, 6.07) is 0. The quantitative estimate of drug-likeness (QED) is 0.274. The molecule has 24 heavy (non-hydrogen) atoms. The molecule has 0 aromatic rings. The lowest BCUT2D eigenvalue weighted by atomic mass is 10.1. The molecular formula is C20H42O4. The van der Waals surface area contributed by atoms with Crippen LogP contribution in [-0.2, 0) is 18.9 Å². The van der Waals surface area contributed by atoms with Crippen LogP contribution in [0.25, 0.3) is 0 Å². The summed E-state index contributed by atoms with van der Waals surface area (Å²) in [6.45, 7) is 10.2. The molecule has 0 aliphatic rings. The highest BCUT2D eigenvalue weighted by Crippen LogP contribution is 2.04. The van der Waals surface area contributed by atoms with Crippen LogP contribution in [-0.4, -0.2) is 52.9 Å². The maximum Gasteiger partial charge on any atom is 0.0701 e. The average molecular weight is 347 g/mol. The lowest BCUT2D eigenvalue weighted by Crippen LogP contribution is -2.12. The first-order chi connectivity index (χ1) is 11.9. The van der Waals surface area contributed by atoms with Gasteiger partial charge >= 0.3 is 0 Å². The van der Waals surface area contributed by atoms with E-state index in [2.05, 4.69) is 13.8 Å². The van der Waals surface area contributed by atoms with Crippen LogP contribution in [0.3, 0.4) is 0 Å². The van der Waals surface area contributed by atoms with E-state index in [0.29, 0.717) is 39.6 Å². The minimum Gasteiger partial charge on any atom is -0.379 e. The number of ether oxygens (including phenoxy) is 4. The van der Waals surface area contributed by atoms with Crippen LogP contribution in [0.5, 0.6) is 0 Å². The van der Waals surface area contributed by atoms with Gasteiger partial charge in [0.15, 0.2) is 0 Å². The number of rotatable bonds is 21. The minimum absolute atomic E-state index is 0.636. The summed E-state index contributed by atoms with van der Waals surface area (Å²) < 4.78 is 22.0. The second kappa shape index (κ2) is 22.8. The molecule has 0 fully saturated rings. The van der Waals surface area contributed by atoms with E-state index in [1.807, 2.05) is 0 Å². The summed E-state index contributed by atoms with van der Waals surface area (Å²) in [5.74, 6) is 0.